The summed E-state index contributed by atoms with van der Waals surface area (Å²) in [6.45, 7) is 1.56. The quantitative estimate of drug-likeness (QED) is 0.704. The Bertz CT molecular complexity index is 517. The van der Waals surface area contributed by atoms with Crippen LogP contribution in [-0.2, 0) is 0 Å². The second-order valence-electron chi connectivity index (χ2n) is 3.14. The van der Waals surface area contributed by atoms with Crippen LogP contribution >= 0.6 is 0 Å². The molecule has 0 amide bonds. The number of nitrogens with zero attached hydrogens (tertiary/aromatic N) is 1. The van der Waals surface area contributed by atoms with Gasteiger partial charge in [-0.2, -0.15) is 0 Å². The Morgan fingerprint density at radius 3 is 2.86 bits per heavy atom. The molecule has 0 aliphatic heterocycles. The van der Waals surface area contributed by atoms with Crippen molar-refractivity contribution < 1.29 is 5.11 Å². The lowest BCUT2D eigenvalue weighted by atomic mass is 10.2. The lowest BCUT2D eigenvalue weighted by molar-refractivity contribution is 0.189. The Hall–Kier alpha value is -1.68. The Morgan fingerprint density at radius 2 is 2.14 bits per heavy atom. The number of rotatable bonds is 1. The first kappa shape index (κ1) is 8.90. The number of fused-ring (bicyclic) bond motifs is 1. The zero-order valence-electron chi connectivity index (χ0n) is 7.69. The van der Waals surface area contributed by atoms with Crippen LogP contribution in [0, 0.1) is 0 Å². The van der Waals surface area contributed by atoms with E-state index in [-0.39, 0.29) is 5.56 Å². The summed E-state index contributed by atoms with van der Waals surface area (Å²) in [5, 5.41) is 9.81. The maximum absolute atomic E-state index is 11.5. The van der Waals surface area contributed by atoms with Crippen molar-refractivity contribution in [2.24, 2.45) is 0 Å². The topological polar surface area (TPSA) is 66.0 Å². The van der Waals surface area contributed by atoms with E-state index in [9.17, 15) is 9.90 Å². The number of aliphatic hydroxyl groups is 1. The molecule has 0 aliphatic rings. The molecule has 2 rings (SSSR count). The van der Waals surface area contributed by atoms with Crippen molar-refractivity contribution in [1.29, 1.82) is 0 Å². The van der Waals surface area contributed by atoms with Crippen LogP contribution in [0.2, 0.25) is 0 Å². The van der Waals surface area contributed by atoms with Gasteiger partial charge in [0.1, 0.15) is 11.9 Å². The van der Waals surface area contributed by atoms with Crippen LogP contribution in [0.5, 0.6) is 0 Å². The monoisotopic (exact) mass is 190 g/mol. The van der Waals surface area contributed by atoms with Gasteiger partial charge in [0.15, 0.2) is 0 Å². The molecule has 0 fully saturated rings. The molecule has 0 saturated heterocycles. The Balaban J connectivity index is 2.79. The molecular weight excluding hydrogens is 180 g/mol. The second kappa shape index (κ2) is 3.23. The molecule has 72 valence electrons. The standard InChI is InChI=1S/C10H10N2O2/c1-6(13)9-11-8-5-3-2-4-7(8)10(14)12-9/h2-6,13H,1H3,(H,11,12,14)/t6-/m1/s1. The van der Waals surface area contributed by atoms with Crippen molar-refractivity contribution in [2.45, 2.75) is 13.0 Å². The first-order chi connectivity index (χ1) is 6.68. The number of para-hydroxylation sites is 1. The zero-order chi connectivity index (χ0) is 10.1. The number of aromatic amines is 1. The van der Waals surface area contributed by atoms with Crippen molar-refractivity contribution in [2.75, 3.05) is 0 Å². The summed E-state index contributed by atoms with van der Waals surface area (Å²) in [6, 6.07) is 7.03. The van der Waals surface area contributed by atoms with E-state index in [4.69, 9.17) is 0 Å². The molecule has 1 aromatic heterocycles. The summed E-state index contributed by atoms with van der Waals surface area (Å²) < 4.78 is 0. The summed E-state index contributed by atoms with van der Waals surface area (Å²) in [6.07, 6.45) is -0.757. The van der Waals surface area contributed by atoms with Crippen molar-refractivity contribution in [3.8, 4) is 0 Å². The fourth-order valence-electron chi connectivity index (χ4n) is 1.30. The minimum atomic E-state index is -0.757. The highest BCUT2D eigenvalue weighted by Crippen LogP contribution is 2.09. The van der Waals surface area contributed by atoms with Gasteiger partial charge in [-0.3, -0.25) is 4.79 Å². The minimum absolute atomic E-state index is 0.216. The predicted octanol–water partition coefficient (Wildman–Crippen LogP) is 0.976. The lowest BCUT2D eigenvalue weighted by Gasteiger charge is -2.04. The molecule has 0 radical (unpaired) electrons. The molecule has 0 unspecified atom stereocenters. The van der Waals surface area contributed by atoms with E-state index < -0.39 is 6.10 Å². The Morgan fingerprint density at radius 1 is 1.43 bits per heavy atom. The molecule has 1 heterocycles. The highest BCUT2D eigenvalue weighted by atomic mass is 16.3. The third-order valence-electron chi connectivity index (χ3n) is 2.03. The van der Waals surface area contributed by atoms with Crippen molar-refractivity contribution in [1.82, 2.24) is 9.97 Å². The molecule has 0 spiro atoms. The molecule has 0 aliphatic carbocycles. The molecule has 0 bridgehead atoms. The summed E-state index contributed by atoms with van der Waals surface area (Å²) in [4.78, 5) is 18.2. The van der Waals surface area contributed by atoms with E-state index in [1.807, 2.05) is 0 Å². The first-order valence-electron chi connectivity index (χ1n) is 4.35. The van der Waals surface area contributed by atoms with Gasteiger partial charge in [-0.1, -0.05) is 12.1 Å². The van der Waals surface area contributed by atoms with Gasteiger partial charge in [0.2, 0.25) is 0 Å². The van der Waals surface area contributed by atoms with Crippen LogP contribution in [0.4, 0.5) is 0 Å². The SMILES string of the molecule is C[C@@H](O)c1nc2ccccc2c(=O)[nH]1. The van der Waals surface area contributed by atoms with Gasteiger partial charge >= 0.3 is 0 Å². The number of aromatic nitrogens is 2. The predicted molar refractivity (Wildman–Crippen MR) is 53.0 cm³/mol. The van der Waals surface area contributed by atoms with E-state index in [2.05, 4.69) is 9.97 Å². The van der Waals surface area contributed by atoms with E-state index in [0.29, 0.717) is 16.7 Å². The summed E-state index contributed by atoms with van der Waals surface area (Å²) in [5.74, 6) is 0.300. The fourth-order valence-corrected chi connectivity index (χ4v) is 1.30. The number of nitrogens with one attached hydrogen (secondary N) is 1. The molecule has 0 saturated carbocycles. The summed E-state index contributed by atoms with van der Waals surface area (Å²) >= 11 is 0. The molecule has 2 aromatic rings. The number of benzene rings is 1. The van der Waals surface area contributed by atoms with Crippen LogP contribution in [-0.4, -0.2) is 15.1 Å². The molecular formula is C10H10N2O2. The molecule has 1 aromatic carbocycles. The number of hydrogen-bond acceptors (Lipinski definition) is 3. The van der Waals surface area contributed by atoms with Crippen LogP contribution in [0.15, 0.2) is 29.1 Å². The maximum Gasteiger partial charge on any atom is 0.258 e. The molecule has 1 atom stereocenters. The average molecular weight is 190 g/mol. The summed E-state index contributed by atoms with van der Waals surface area (Å²) in [7, 11) is 0. The Labute approximate surface area is 80.2 Å². The Kier molecular flexibility index (Phi) is 2.05. The molecule has 4 nitrogen and oxygen atoms in total. The fraction of sp³-hybridized carbons (Fsp3) is 0.200. The second-order valence-corrected chi connectivity index (χ2v) is 3.14. The van der Waals surface area contributed by atoms with Gasteiger partial charge < -0.3 is 10.1 Å². The molecule has 2 N–H and O–H groups in total. The van der Waals surface area contributed by atoms with Crippen LogP contribution < -0.4 is 5.56 Å². The van der Waals surface area contributed by atoms with Crippen molar-refractivity contribution in [3.05, 3.63) is 40.4 Å². The smallest absolute Gasteiger partial charge is 0.258 e. The highest BCUT2D eigenvalue weighted by Gasteiger charge is 2.06. The van der Waals surface area contributed by atoms with Gasteiger partial charge in [-0.25, -0.2) is 4.98 Å². The normalized spacial score (nSPS) is 13.0. The zero-order valence-corrected chi connectivity index (χ0v) is 7.69. The maximum atomic E-state index is 11.5. The summed E-state index contributed by atoms with van der Waals surface area (Å²) in [5.41, 5.74) is 0.388. The van der Waals surface area contributed by atoms with E-state index in [0.717, 1.165) is 0 Å². The van der Waals surface area contributed by atoms with Crippen LogP contribution in [0.1, 0.15) is 18.9 Å². The number of H-pyrrole nitrogens is 1. The molecule has 14 heavy (non-hydrogen) atoms. The van der Waals surface area contributed by atoms with Gasteiger partial charge in [0, 0.05) is 0 Å². The van der Waals surface area contributed by atoms with Crippen LogP contribution in [0.3, 0.4) is 0 Å². The van der Waals surface area contributed by atoms with E-state index >= 15 is 0 Å². The third kappa shape index (κ3) is 1.40. The number of hydrogen-bond donors (Lipinski definition) is 2. The first-order valence-corrected chi connectivity index (χ1v) is 4.35. The average Bonchev–Trinajstić information content (AvgIpc) is 2.17. The van der Waals surface area contributed by atoms with Crippen molar-refractivity contribution >= 4 is 10.9 Å². The van der Waals surface area contributed by atoms with Gasteiger partial charge in [0.05, 0.1) is 10.9 Å². The number of aliphatic hydroxyl groups excluding tert-OH is 1. The van der Waals surface area contributed by atoms with Gasteiger partial charge in [-0.05, 0) is 19.1 Å². The largest absolute Gasteiger partial charge is 0.385 e. The van der Waals surface area contributed by atoms with Gasteiger partial charge in [-0.15, -0.1) is 0 Å². The van der Waals surface area contributed by atoms with Gasteiger partial charge in [0.25, 0.3) is 5.56 Å². The van der Waals surface area contributed by atoms with E-state index in [1.54, 1.807) is 31.2 Å². The minimum Gasteiger partial charge on any atom is -0.385 e. The molecule has 4 heteroatoms. The van der Waals surface area contributed by atoms with Crippen molar-refractivity contribution in [3.63, 3.8) is 0 Å². The highest BCUT2D eigenvalue weighted by molar-refractivity contribution is 5.77. The third-order valence-corrected chi connectivity index (χ3v) is 2.03. The van der Waals surface area contributed by atoms with Crippen LogP contribution in [0.25, 0.3) is 10.9 Å². The lowest BCUT2D eigenvalue weighted by Crippen LogP contribution is -2.13. The van der Waals surface area contributed by atoms with E-state index in [1.165, 1.54) is 0 Å².